The van der Waals surface area contributed by atoms with Crippen LogP contribution in [0, 0.1) is 5.92 Å². The van der Waals surface area contributed by atoms with Crippen LogP contribution in [0.4, 0.5) is 10.2 Å². The van der Waals surface area contributed by atoms with Gasteiger partial charge in [-0.15, -0.1) is 0 Å². The minimum atomic E-state index is -1.99. The molecule has 2 heterocycles. The van der Waals surface area contributed by atoms with Crippen molar-refractivity contribution >= 4 is 5.82 Å². The van der Waals surface area contributed by atoms with Crippen molar-refractivity contribution < 1.29 is 19.3 Å². The maximum Gasteiger partial charge on any atom is 0.351 e. The van der Waals surface area contributed by atoms with E-state index >= 15 is 0 Å². The van der Waals surface area contributed by atoms with Crippen molar-refractivity contribution in [2.45, 2.75) is 43.6 Å². The number of hydrogen-bond donors (Lipinski definition) is 3. The Morgan fingerprint density at radius 3 is 2.75 bits per heavy atom. The van der Waals surface area contributed by atoms with E-state index in [0.717, 1.165) is 4.57 Å². The van der Waals surface area contributed by atoms with Crippen molar-refractivity contribution in [3.8, 4) is 0 Å². The first kappa shape index (κ1) is 13.5. The van der Waals surface area contributed by atoms with Crippen LogP contribution >= 0.6 is 0 Å². The van der Waals surface area contributed by atoms with Crippen LogP contribution in [0.25, 0.3) is 0 Å². The number of aromatic nitrogens is 2. The van der Waals surface area contributed by atoms with Crippen LogP contribution in [0.1, 0.15) is 20.1 Å². The summed E-state index contributed by atoms with van der Waals surface area (Å²) < 4.78 is 20.9. The van der Waals surface area contributed by atoms with E-state index in [0.29, 0.717) is 0 Å². The molecule has 1 aliphatic carbocycles. The summed E-state index contributed by atoms with van der Waals surface area (Å²) >= 11 is 0. The van der Waals surface area contributed by atoms with Crippen molar-refractivity contribution in [2.75, 3.05) is 5.73 Å². The van der Waals surface area contributed by atoms with E-state index in [-0.39, 0.29) is 11.7 Å². The molecule has 4 N–H and O–H groups in total. The van der Waals surface area contributed by atoms with Gasteiger partial charge < -0.3 is 20.7 Å². The van der Waals surface area contributed by atoms with E-state index in [1.165, 1.54) is 12.3 Å². The van der Waals surface area contributed by atoms with Crippen LogP contribution in [0.2, 0.25) is 0 Å². The molecule has 0 spiro atoms. The zero-order valence-corrected chi connectivity index (χ0v) is 11.0. The van der Waals surface area contributed by atoms with Gasteiger partial charge in [0, 0.05) is 6.20 Å². The molecule has 3 rings (SSSR count). The Morgan fingerprint density at radius 1 is 1.60 bits per heavy atom. The largest absolute Gasteiger partial charge is 0.387 e. The summed E-state index contributed by atoms with van der Waals surface area (Å²) in [7, 11) is 0. The fraction of sp³-hybridized carbons (Fsp3) is 0.667. The second-order valence-corrected chi connectivity index (χ2v) is 5.63. The third-order valence-corrected chi connectivity index (χ3v) is 4.34. The third kappa shape index (κ3) is 1.28. The predicted octanol–water partition coefficient (Wildman–Crippen LogP) is -0.807. The zero-order valence-electron chi connectivity index (χ0n) is 11.0. The van der Waals surface area contributed by atoms with Gasteiger partial charge in [0.1, 0.15) is 17.5 Å². The molecule has 1 saturated carbocycles. The number of halogens is 1. The summed E-state index contributed by atoms with van der Waals surface area (Å²) in [6.07, 6.45) is -3.30. The molecule has 1 aromatic heterocycles. The lowest BCUT2D eigenvalue weighted by atomic mass is 10.0. The second kappa shape index (κ2) is 3.78. The van der Waals surface area contributed by atoms with Gasteiger partial charge in [-0.05, 0) is 12.0 Å². The Bertz CT molecular complexity index is 621. The number of nitrogen functional groups attached to an aromatic ring is 1. The summed E-state index contributed by atoms with van der Waals surface area (Å²) in [6, 6.07) is 1.34. The van der Waals surface area contributed by atoms with Gasteiger partial charge in [-0.25, -0.2) is 9.18 Å². The molecule has 1 aromatic rings. The number of hydrogen-bond acceptors (Lipinski definition) is 6. The first-order chi connectivity index (χ1) is 9.26. The maximum atomic E-state index is 14.5. The zero-order chi connectivity index (χ0) is 14.9. The fourth-order valence-corrected chi connectivity index (χ4v) is 3.19. The van der Waals surface area contributed by atoms with Crippen molar-refractivity contribution in [3.05, 3.63) is 22.7 Å². The standard InChI is InChI=1S/C12H16FN3O4/c1-5(2)12-9(17)11(12,19)7(13)8(20-12)16-4-3-6(14)15-10(16)18/h3-5,7-9,17,19H,1-2H3,(H2,14,15,18)/t7-,8+,9?,11+,12+/m0/s1. The molecule has 2 aliphatic rings. The molecule has 1 saturated heterocycles. The molecule has 0 bridgehead atoms. The van der Waals surface area contributed by atoms with Gasteiger partial charge in [0.2, 0.25) is 0 Å². The SMILES string of the molecule is CC(C)[C@]12O[C@@H](n3ccc(N)nc3=O)[C@H](F)[C@@]1(O)C2O. The van der Waals surface area contributed by atoms with Crippen LogP contribution in [-0.4, -0.2) is 43.2 Å². The number of aliphatic hydroxyl groups is 2. The molecule has 5 atom stereocenters. The molecule has 0 radical (unpaired) electrons. The van der Waals surface area contributed by atoms with Gasteiger partial charge in [-0.1, -0.05) is 13.8 Å². The molecule has 110 valence electrons. The van der Waals surface area contributed by atoms with Crippen molar-refractivity contribution in [3.63, 3.8) is 0 Å². The molecule has 20 heavy (non-hydrogen) atoms. The third-order valence-electron chi connectivity index (χ3n) is 4.34. The number of alkyl halides is 1. The molecule has 0 amide bonds. The number of fused-ring (bicyclic) bond motifs is 1. The number of nitrogens with two attached hydrogens (primary N) is 1. The summed E-state index contributed by atoms with van der Waals surface area (Å²) in [5, 5.41) is 20.1. The minimum Gasteiger partial charge on any atom is -0.387 e. The molecular weight excluding hydrogens is 269 g/mol. The molecule has 0 aromatic carbocycles. The summed E-state index contributed by atoms with van der Waals surface area (Å²) in [4.78, 5) is 15.2. The van der Waals surface area contributed by atoms with E-state index in [4.69, 9.17) is 10.5 Å². The lowest BCUT2D eigenvalue weighted by molar-refractivity contribution is -0.107. The van der Waals surface area contributed by atoms with Gasteiger partial charge in [0.15, 0.2) is 18.0 Å². The number of ether oxygens (including phenoxy) is 1. The van der Waals surface area contributed by atoms with Gasteiger partial charge in [-0.2, -0.15) is 4.98 Å². The Hall–Kier alpha value is -1.51. The minimum absolute atomic E-state index is 0.0159. The van der Waals surface area contributed by atoms with Crippen LogP contribution in [0.5, 0.6) is 0 Å². The smallest absolute Gasteiger partial charge is 0.351 e. The fourth-order valence-electron chi connectivity index (χ4n) is 3.19. The van der Waals surface area contributed by atoms with Gasteiger partial charge in [0.25, 0.3) is 0 Å². The van der Waals surface area contributed by atoms with Crippen molar-refractivity contribution in [1.82, 2.24) is 9.55 Å². The van der Waals surface area contributed by atoms with Crippen LogP contribution in [0.15, 0.2) is 17.1 Å². The Labute approximate surface area is 113 Å². The van der Waals surface area contributed by atoms with Gasteiger partial charge in [0.05, 0.1) is 0 Å². The van der Waals surface area contributed by atoms with Crippen LogP contribution in [-0.2, 0) is 4.74 Å². The first-order valence-corrected chi connectivity index (χ1v) is 6.33. The highest BCUT2D eigenvalue weighted by atomic mass is 19.1. The molecule has 1 unspecified atom stereocenters. The predicted molar refractivity (Wildman–Crippen MR) is 66.5 cm³/mol. The van der Waals surface area contributed by atoms with Crippen LogP contribution in [0.3, 0.4) is 0 Å². The topological polar surface area (TPSA) is 111 Å². The monoisotopic (exact) mass is 285 g/mol. The molecule has 8 heteroatoms. The average Bonchev–Trinajstić information content (AvgIpc) is 2.73. The summed E-state index contributed by atoms with van der Waals surface area (Å²) in [6.45, 7) is 3.42. The number of anilines is 1. The summed E-state index contributed by atoms with van der Waals surface area (Å²) in [5.74, 6) is -0.301. The van der Waals surface area contributed by atoms with Gasteiger partial charge >= 0.3 is 5.69 Å². The quantitative estimate of drug-likeness (QED) is 0.655. The second-order valence-electron chi connectivity index (χ2n) is 5.63. The van der Waals surface area contributed by atoms with E-state index < -0.39 is 35.4 Å². The number of nitrogens with zero attached hydrogens (tertiary/aromatic N) is 2. The molecule has 1 aliphatic heterocycles. The van der Waals surface area contributed by atoms with E-state index in [1.54, 1.807) is 13.8 Å². The van der Waals surface area contributed by atoms with E-state index in [9.17, 15) is 19.4 Å². The highest BCUT2D eigenvalue weighted by Gasteiger charge is 2.88. The highest BCUT2D eigenvalue weighted by molar-refractivity contribution is 5.36. The Kier molecular flexibility index (Phi) is 2.54. The molecule has 2 fully saturated rings. The normalized spacial score (nSPS) is 42.8. The summed E-state index contributed by atoms with van der Waals surface area (Å²) in [5.41, 5.74) is 1.22. The van der Waals surface area contributed by atoms with Crippen molar-refractivity contribution in [1.29, 1.82) is 0 Å². The first-order valence-electron chi connectivity index (χ1n) is 6.33. The lowest BCUT2D eigenvalue weighted by Crippen LogP contribution is -2.38. The maximum absolute atomic E-state index is 14.5. The van der Waals surface area contributed by atoms with Crippen LogP contribution < -0.4 is 11.4 Å². The van der Waals surface area contributed by atoms with E-state index in [1.807, 2.05) is 0 Å². The highest BCUT2D eigenvalue weighted by Crippen LogP contribution is 2.66. The molecular formula is C12H16FN3O4. The molecule has 7 nitrogen and oxygen atoms in total. The Morgan fingerprint density at radius 2 is 2.25 bits per heavy atom. The number of aliphatic hydroxyl groups excluding tert-OH is 1. The number of rotatable bonds is 2. The van der Waals surface area contributed by atoms with Crippen molar-refractivity contribution in [2.24, 2.45) is 5.92 Å². The Balaban J connectivity index is 2.02. The van der Waals surface area contributed by atoms with E-state index in [2.05, 4.69) is 4.98 Å². The lowest BCUT2D eigenvalue weighted by Gasteiger charge is -2.23. The average molecular weight is 285 g/mol. The van der Waals surface area contributed by atoms with Gasteiger partial charge in [-0.3, -0.25) is 4.57 Å².